The highest BCUT2D eigenvalue weighted by Gasteiger charge is 2.21. The van der Waals surface area contributed by atoms with E-state index in [9.17, 15) is 9.59 Å². The second kappa shape index (κ2) is 7.77. The van der Waals surface area contributed by atoms with E-state index in [0.29, 0.717) is 35.8 Å². The first-order chi connectivity index (χ1) is 15.2. The van der Waals surface area contributed by atoms with Gasteiger partial charge in [0.1, 0.15) is 10.7 Å². The SMILES string of the molecule is CCn1c(-c2csc(-c3ccccn3)n2)nc2c1c(=O)[nH]c(=O)n2Cc1ccccc1. The molecule has 4 aromatic heterocycles. The van der Waals surface area contributed by atoms with Crippen molar-refractivity contribution in [2.24, 2.45) is 0 Å². The van der Waals surface area contributed by atoms with Crippen molar-refractivity contribution in [2.45, 2.75) is 20.0 Å². The van der Waals surface area contributed by atoms with Gasteiger partial charge in [-0.25, -0.2) is 14.8 Å². The average Bonchev–Trinajstić information content (AvgIpc) is 3.43. The number of nitrogens with one attached hydrogen (secondary N) is 1. The van der Waals surface area contributed by atoms with Crippen LogP contribution in [0.4, 0.5) is 0 Å². The number of fused-ring (bicyclic) bond motifs is 1. The summed E-state index contributed by atoms with van der Waals surface area (Å²) in [4.78, 5) is 41.5. The van der Waals surface area contributed by atoms with Crippen LogP contribution >= 0.6 is 11.3 Å². The Bertz CT molecular complexity index is 1480. The first-order valence-corrected chi connectivity index (χ1v) is 10.7. The second-order valence-corrected chi connectivity index (χ2v) is 7.79. The fraction of sp³-hybridized carbons (Fsp3) is 0.136. The number of rotatable bonds is 5. The number of H-pyrrole nitrogens is 1. The Morgan fingerprint density at radius 2 is 1.77 bits per heavy atom. The molecule has 0 atom stereocenters. The van der Waals surface area contributed by atoms with Gasteiger partial charge < -0.3 is 4.57 Å². The molecule has 0 aliphatic heterocycles. The normalized spacial score (nSPS) is 11.3. The molecule has 0 radical (unpaired) electrons. The van der Waals surface area contributed by atoms with Crippen molar-refractivity contribution < 1.29 is 0 Å². The smallest absolute Gasteiger partial charge is 0.317 e. The van der Waals surface area contributed by atoms with E-state index in [1.807, 2.05) is 60.8 Å². The number of hydrogen-bond acceptors (Lipinski definition) is 6. The number of imidazole rings is 1. The molecule has 154 valence electrons. The molecule has 1 aromatic carbocycles. The zero-order valence-corrected chi connectivity index (χ0v) is 17.5. The highest BCUT2D eigenvalue weighted by atomic mass is 32.1. The van der Waals surface area contributed by atoms with Gasteiger partial charge in [0.25, 0.3) is 5.56 Å². The van der Waals surface area contributed by atoms with Crippen molar-refractivity contribution >= 4 is 22.5 Å². The number of aromatic nitrogens is 6. The molecule has 9 heteroatoms. The Kier molecular flexibility index (Phi) is 4.79. The van der Waals surface area contributed by atoms with Crippen LogP contribution in [0.1, 0.15) is 12.5 Å². The lowest BCUT2D eigenvalue weighted by atomic mass is 10.2. The molecule has 0 spiro atoms. The van der Waals surface area contributed by atoms with Crippen LogP contribution in [0.3, 0.4) is 0 Å². The van der Waals surface area contributed by atoms with Crippen LogP contribution in [0, 0.1) is 0 Å². The number of benzene rings is 1. The fourth-order valence-corrected chi connectivity index (χ4v) is 4.35. The predicted octanol–water partition coefficient (Wildman–Crippen LogP) is 3.14. The van der Waals surface area contributed by atoms with Crippen molar-refractivity contribution in [3.8, 4) is 22.2 Å². The van der Waals surface area contributed by atoms with Gasteiger partial charge in [0.05, 0.1) is 12.2 Å². The summed E-state index contributed by atoms with van der Waals surface area (Å²) in [5, 5.41) is 2.66. The number of thiazole rings is 1. The van der Waals surface area contributed by atoms with Crippen molar-refractivity contribution in [1.29, 1.82) is 0 Å². The van der Waals surface area contributed by atoms with Crippen molar-refractivity contribution in [2.75, 3.05) is 0 Å². The van der Waals surface area contributed by atoms with Gasteiger partial charge in [-0.15, -0.1) is 11.3 Å². The predicted molar refractivity (Wildman–Crippen MR) is 120 cm³/mol. The minimum Gasteiger partial charge on any atom is -0.317 e. The summed E-state index contributed by atoms with van der Waals surface area (Å²) in [5.74, 6) is 0.550. The van der Waals surface area contributed by atoms with Crippen LogP contribution in [0.15, 0.2) is 69.7 Å². The molecule has 1 N–H and O–H groups in total. The Morgan fingerprint density at radius 1 is 0.968 bits per heavy atom. The Morgan fingerprint density at radius 3 is 2.52 bits per heavy atom. The molecule has 0 fully saturated rings. The lowest BCUT2D eigenvalue weighted by Crippen LogP contribution is -2.31. The van der Waals surface area contributed by atoms with Crippen LogP contribution in [0.2, 0.25) is 0 Å². The summed E-state index contributed by atoms with van der Waals surface area (Å²) in [6, 6.07) is 15.3. The third-order valence-corrected chi connectivity index (χ3v) is 5.87. The summed E-state index contributed by atoms with van der Waals surface area (Å²) in [5.41, 5.74) is 2.13. The molecule has 5 rings (SSSR count). The van der Waals surface area contributed by atoms with Gasteiger partial charge in [-0.3, -0.25) is 19.3 Å². The van der Waals surface area contributed by atoms with Crippen molar-refractivity contribution in [3.05, 3.63) is 86.5 Å². The maximum Gasteiger partial charge on any atom is 0.330 e. The van der Waals surface area contributed by atoms with E-state index in [2.05, 4.69) is 9.97 Å². The maximum absolute atomic E-state index is 12.7. The Labute approximate surface area is 180 Å². The standard InChI is InChI=1S/C22H18N6O2S/c1-2-27-17-19(28(22(30)26-20(17)29)12-14-8-4-3-5-9-14)25-18(27)16-13-31-21(24-16)15-10-6-7-11-23-15/h3-11,13H,2,12H2,1H3,(H,26,29,30). The largest absolute Gasteiger partial charge is 0.330 e. The van der Waals surface area contributed by atoms with E-state index in [1.54, 1.807) is 10.8 Å². The molecular formula is C22H18N6O2S. The first kappa shape index (κ1) is 19.1. The number of aromatic amines is 1. The van der Waals surface area contributed by atoms with Crippen LogP contribution in [0.25, 0.3) is 33.4 Å². The van der Waals surface area contributed by atoms with E-state index in [-0.39, 0.29) is 0 Å². The quantitative estimate of drug-likeness (QED) is 0.462. The lowest BCUT2D eigenvalue weighted by molar-refractivity contribution is 0.743. The fourth-order valence-electron chi connectivity index (χ4n) is 3.57. The van der Waals surface area contributed by atoms with Gasteiger partial charge >= 0.3 is 5.69 Å². The third kappa shape index (κ3) is 3.38. The van der Waals surface area contributed by atoms with Crippen LogP contribution in [-0.4, -0.2) is 29.1 Å². The van der Waals surface area contributed by atoms with Crippen LogP contribution < -0.4 is 11.2 Å². The monoisotopic (exact) mass is 430 g/mol. The van der Waals surface area contributed by atoms with Gasteiger partial charge in [-0.1, -0.05) is 36.4 Å². The molecule has 4 heterocycles. The zero-order valence-electron chi connectivity index (χ0n) is 16.6. The molecule has 0 bridgehead atoms. The molecule has 8 nitrogen and oxygen atoms in total. The minimum absolute atomic E-state index is 0.309. The molecule has 0 unspecified atom stereocenters. The lowest BCUT2D eigenvalue weighted by Gasteiger charge is -2.07. The van der Waals surface area contributed by atoms with Gasteiger partial charge in [0, 0.05) is 18.1 Å². The average molecular weight is 430 g/mol. The third-order valence-electron chi connectivity index (χ3n) is 5.00. The highest BCUT2D eigenvalue weighted by molar-refractivity contribution is 7.13. The molecule has 0 saturated heterocycles. The van der Waals surface area contributed by atoms with E-state index < -0.39 is 11.2 Å². The van der Waals surface area contributed by atoms with E-state index in [1.165, 1.54) is 15.9 Å². The summed E-state index contributed by atoms with van der Waals surface area (Å²) in [7, 11) is 0. The van der Waals surface area contributed by atoms with E-state index >= 15 is 0 Å². The molecule has 0 aliphatic carbocycles. The van der Waals surface area contributed by atoms with Gasteiger partial charge in [0.15, 0.2) is 17.0 Å². The van der Waals surface area contributed by atoms with Gasteiger partial charge in [0.2, 0.25) is 0 Å². The molecular weight excluding hydrogens is 412 g/mol. The van der Waals surface area contributed by atoms with E-state index in [4.69, 9.17) is 9.97 Å². The van der Waals surface area contributed by atoms with Crippen molar-refractivity contribution in [1.82, 2.24) is 29.1 Å². The highest BCUT2D eigenvalue weighted by Crippen LogP contribution is 2.28. The van der Waals surface area contributed by atoms with Gasteiger partial charge in [-0.2, -0.15) is 0 Å². The Balaban J connectivity index is 1.69. The second-order valence-electron chi connectivity index (χ2n) is 6.94. The molecule has 5 aromatic rings. The summed E-state index contributed by atoms with van der Waals surface area (Å²) < 4.78 is 3.29. The number of aryl methyl sites for hydroxylation is 1. The van der Waals surface area contributed by atoms with Crippen LogP contribution in [0.5, 0.6) is 0 Å². The Hall–Kier alpha value is -3.85. The number of pyridine rings is 1. The maximum atomic E-state index is 12.7. The summed E-state index contributed by atoms with van der Waals surface area (Å²) in [6.07, 6.45) is 1.72. The first-order valence-electron chi connectivity index (χ1n) is 9.80. The molecule has 0 amide bonds. The van der Waals surface area contributed by atoms with Crippen LogP contribution in [-0.2, 0) is 13.1 Å². The molecule has 0 saturated carbocycles. The van der Waals surface area contributed by atoms with Crippen molar-refractivity contribution in [3.63, 3.8) is 0 Å². The number of nitrogens with zero attached hydrogens (tertiary/aromatic N) is 5. The topological polar surface area (TPSA) is 98.5 Å². The van der Waals surface area contributed by atoms with Gasteiger partial charge in [-0.05, 0) is 24.6 Å². The minimum atomic E-state index is -0.485. The summed E-state index contributed by atoms with van der Waals surface area (Å²) in [6.45, 7) is 2.75. The number of hydrogen-bond donors (Lipinski definition) is 1. The zero-order chi connectivity index (χ0) is 21.4. The molecule has 0 aliphatic rings. The van der Waals surface area contributed by atoms with E-state index in [0.717, 1.165) is 16.3 Å². The summed E-state index contributed by atoms with van der Waals surface area (Å²) >= 11 is 1.46. The molecule has 31 heavy (non-hydrogen) atoms.